The summed E-state index contributed by atoms with van der Waals surface area (Å²) in [5.74, 6) is 0.531. The second-order valence-electron chi connectivity index (χ2n) is 10.7. The van der Waals surface area contributed by atoms with Gasteiger partial charge in [-0.1, -0.05) is 67.8 Å². The van der Waals surface area contributed by atoms with Crippen LogP contribution in [0.3, 0.4) is 0 Å². The molecular weight excluding hydrogens is 504 g/mol. The Hall–Kier alpha value is -4.33. The highest BCUT2D eigenvalue weighted by atomic mass is 16.6. The van der Waals surface area contributed by atoms with Gasteiger partial charge in [-0.05, 0) is 43.4 Å². The fourth-order valence-electron chi connectivity index (χ4n) is 5.91. The molecule has 4 aromatic rings. The zero-order chi connectivity index (χ0) is 27.6. The predicted molar refractivity (Wildman–Crippen MR) is 153 cm³/mol. The van der Waals surface area contributed by atoms with Gasteiger partial charge in [0.1, 0.15) is 12.6 Å². The third-order valence-corrected chi connectivity index (χ3v) is 7.85. The highest BCUT2D eigenvalue weighted by Gasteiger charge is 2.41. The summed E-state index contributed by atoms with van der Waals surface area (Å²) >= 11 is 0. The predicted octanol–water partition coefficient (Wildman–Crippen LogP) is 5.24. The Kier molecular flexibility index (Phi) is 7.15. The normalized spacial score (nSPS) is 17.8. The van der Waals surface area contributed by atoms with Crippen molar-refractivity contribution in [3.63, 3.8) is 0 Å². The van der Waals surface area contributed by atoms with E-state index < -0.39 is 12.1 Å². The largest absolute Gasteiger partial charge is 0.485 e. The van der Waals surface area contributed by atoms with Crippen LogP contribution >= 0.6 is 0 Å². The second-order valence-corrected chi connectivity index (χ2v) is 10.7. The van der Waals surface area contributed by atoms with E-state index in [0.717, 1.165) is 36.5 Å². The Morgan fingerprint density at radius 1 is 0.975 bits per heavy atom. The number of ether oxygens (including phenoxy) is 2. The molecule has 0 saturated heterocycles. The monoisotopic (exact) mass is 538 g/mol. The smallest absolute Gasteiger partial charge is 0.272 e. The summed E-state index contributed by atoms with van der Waals surface area (Å²) < 4.78 is 13.8. The van der Waals surface area contributed by atoms with Crippen molar-refractivity contribution >= 4 is 28.3 Å². The van der Waals surface area contributed by atoms with Crippen LogP contribution in [0.5, 0.6) is 11.5 Å². The molecule has 3 aromatic carbocycles. The molecule has 2 atom stereocenters. The molecule has 1 aromatic heterocycles. The van der Waals surface area contributed by atoms with Gasteiger partial charge in [-0.2, -0.15) is 5.10 Å². The van der Waals surface area contributed by atoms with E-state index in [9.17, 15) is 9.59 Å². The molecule has 1 saturated carbocycles. The summed E-state index contributed by atoms with van der Waals surface area (Å²) in [6.07, 6.45) is 6.11. The van der Waals surface area contributed by atoms with Gasteiger partial charge < -0.3 is 14.8 Å². The molecule has 1 aliphatic heterocycles. The molecule has 206 valence electrons. The van der Waals surface area contributed by atoms with Gasteiger partial charge in [0.2, 0.25) is 12.0 Å². The van der Waals surface area contributed by atoms with Gasteiger partial charge in [0.05, 0.1) is 11.4 Å². The summed E-state index contributed by atoms with van der Waals surface area (Å²) in [6, 6.07) is 20.1. The number of hydrogen-bond acceptors (Lipinski definition) is 5. The lowest BCUT2D eigenvalue weighted by Crippen LogP contribution is -2.52. The van der Waals surface area contributed by atoms with E-state index in [-0.39, 0.29) is 24.5 Å². The van der Waals surface area contributed by atoms with Crippen molar-refractivity contribution in [1.82, 2.24) is 15.1 Å². The molecule has 0 spiro atoms. The number of fused-ring (bicyclic) bond motifs is 2. The van der Waals surface area contributed by atoms with Crippen LogP contribution < -0.4 is 19.7 Å². The Balaban J connectivity index is 1.48. The van der Waals surface area contributed by atoms with Crippen molar-refractivity contribution in [3.05, 3.63) is 84.2 Å². The first kappa shape index (κ1) is 25.9. The van der Waals surface area contributed by atoms with Gasteiger partial charge >= 0.3 is 0 Å². The number of anilines is 1. The van der Waals surface area contributed by atoms with Crippen LogP contribution in [0.2, 0.25) is 0 Å². The summed E-state index contributed by atoms with van der Waals surface area (Å²) in [5.41, 5.74) is 2.00. The fraction of sp³-hybridized carbons (Fsp3) is 0.344. The minimum atomic E-state index is -0.949. The number of aryl methyl sites for hydroxylation is 2. The summed E-state index contributed by atoms with van der Waals surface area (Å²) in [6.45, 7) is 1.92. The van der Waals surface area contributed by atoms with E-state index in [1.165, 1.54) is 6.42 Å². The van der Waals surface area contributed by atoms with Crippen LogP contribution in [0.25, 0.3) is 10.8 Å². The number of carbonyl (C=O) groups excluding carboxylic acids is 2. The summed E-state index contributed by atoms with van der Waals surface area (Å²) in [7, 11) is 1.83. The van der Waals surface area contributed by atoms with Crippen molar-refractivity contribution in [3.8, 4) is 11.5 Å². The number of aromatic nitrogens is 2. The topological polar surface area (TPSA) is 85.7 Å². The quantitative estimate of drug-likeness (QED) is 0.363. The number of nitrogens with one attached hydrogen (secondary N) is 1. The van der Waals surface area contributed by atoms with Crippen LogP contribution in [-0.2, 0) is 16.6 Å². The third kappa shape index (κ3) is 5.01. The lowest BCUT2D eigenvalue weighted by atomic mass is 9.94. The SMILES string of the molecule is Cc1nn(C)cc1C(C(=O)NC1CCCCC1)N(C(=O)C1COc2ccccc2O1)c1cccc2ccccc12. The lowest BCUT2D eigenvalue weighted by molar-refractivity contribution is -0.132. The molecule has 2 unspecified atom stereocenters. The summed E-state index contributed by atoms with van der Waals surface area (Å²) in [5, 5.41) is 9.67. The number of nitrogens with zero attached hydrogens (tertiary/aromatic N) is 3. The fourth-order valence-corrected chi connectivity index (χ4v) is 5.91. The van der Waals surface area contributed by atoms with Crippen molar-refractivity contribution in [2.75, 3.05) is 11.5 Å². The molecule has 8 heteroatoms. The van der Waals surface area contributed by atoms with E-state index in [2.05, 4.69) is 10.4 Å². The van der Waals surface area contributed by atoms with E-state index in [1.54, 1.807) is 15.6 Å². The van der Waals surface area contributed by atoms with Crippen molar-refractivity contribution in [2.24, 2.45) is 7.05 Å². The number of rotatable bonds is 6. The van der Waals surface area contributed by atoms with E-state index >= 15 is 0 Å². The van der Waals surface area contributed by atoms with Crippen LogP contribution in [-0.4, -0.2) is 40.3 Å². The number of hydrogen-bond donors (Lipinski definition) is 1. The van der Waals surface area contributed by atoms with Crippen LogP contribution in [0, 0.1) is 6.92 Å². The van der Waals surface area contributed by atoms with Crippen molar-refractivity contribution in [2.45, 2.75) is 57.2 Å². The molecule has 8 nitrogen and oxygen atoms in total. The van der Waals surface area contributed by atoms with Gasteiger partial charge in [0.25, 0.3) is 5.91 Å². The van der Waals surface area contributed by atoms with Crippen molar-refractivity contribution < 1.29 is 19.1 Å². The van der Waals surface area contributed by atoms with E-state index in [0.29, 0.717) is 28.4 Å². The molecule has 1 fully saturated rings. The highest BCUT2D eigenvalue weighted by molar-refractivity contribution is 6.09. The molecule has 6 rings (SSSR count). The van der Waals surface area contributed by atoms with Gasteiger partial charge in [-0.15, -0.1) is 0 Å². The molecule has 2 heterocycles. The molecule has 0 bridgehead atoms. The highest BCUT2D eigenvalue weighted by Crippen LogP contribution is 2.38. The number of amides is 2. The lowest BCUT2D eigenvalue weighted by Gasteiger charge is -2.36. The van der Waals surface area contributed by atoms with Crippen molar-refractivity contribution in [1.29, 1.82) is 0 Å². The number of carbonyl (C=O) groups is 2. The van der Waals surface area contributed by atoms with Gasteiger partial charge in [-0.3, -0.25) is 19.2 Å². The third-order valence-electron chi connectivity index (χ3n) is 7.85. The number of benzene rings is 3. The second kappa shape index (κ2) is 11.0. The Labute approximate surface area is 233 Å². The minimum absolute atomic E-state index is 0.0418. The standard InChI is InChI=1S/C32H34N4O4/c1-21-25(19-35(2)34-21)30(31(37)33-23-13-4-3-5-14-23)36(26-16-10-12-22-11-6-7-15-24(22)26)32(38)29-20-39-27-17-8-9-18-28(27)40-29/h6-12,15-19,23,29-30H,3-5,13-14,20H2,1-2H3,(H,33,37). The maximum absolute atomic E-state index is 14.6. The molecule has 1 aliphatic carbocycles. The average molecular weight is 539 g/mol. The molecule has 1 N–H and O–H groups in total. The van der Waals surface area contributed by atoms with Crippen LogP contribution in [0.15, 0.2) is 72.9 Å². The van der Waals surface area contributed by atoms with E-state index in [4.69, 9.17) is 9.47 Å². The van der Waals surface area contributed by atoms with E-state index in [1.807, 2.05) is 80.8 Å². The zero-order valence-corrected chi connectivity index (χ0v) is 22.9. The number of para-hydroxylation sites is 2. The minimum Gasteiger partial charge on any atom is -0.485 e. The van der Waals surface area contributed by atoms with Crippen LogP contribution in [0.1, 0.15) is 49.4 Å². The maximum atomic E-state index is 14.6. The van der Waals surface area contributed by atoms with Gasteiger partial charge in [0.15, 0.2) is 11.5 Å². The first-order valence-electron chi connectivity index (χ1n) is 14.0. The first-order chi connectivity index (χ1) is 19.5. The Morgan fingerprint density at radius 2 is 1.70 bits per heavy atom. The molecule has 40 heavy (non-hydrogen) atoms. The molecule has 2 amide bonds. The first-order valence-corrected chi connectivity index (χ1v) is 14.0. The molecular formula is C32H34N4O4. The van der Waals surface area contributed by atoms with Gasteiger partial charge in [0, 0.05) is 30.2 Å². The Bertz CT molecular complexity index is 1540. The van der Waals surface area contributed by atoms with Gasteiger partial charge in [-0.25, -0.2) is 0 Å². The maximum Gasteiger partial charge on any atom is 0.272 e. The Morgan fingerprint density at radius 3 is 2.48 bits per heavy atom. The molecule has 2 aliphatic rings. The average Bonchev–Trinajstić information content (AvgIpc) is 3.32. The zero-order valence-electron chi connectivity index (χ0n) is 22.9. The van der Waals surface area contributed by atoms with Crippen LogP contribution in [0.4, 0.5) is 5.69 Å². The summed E-state index contributed by atoms with van der Waals surface area (Å²) in [4.78, 5) is 30.5. The molecule has 0 radical (unpaired) electrons.